The first-order valence-electron chi connectivity index (χ1n) is 8.04. The van der Waals surface area contributed by atoms with E-state index < -0.39 is 0 Å². The van der Waals surface area contributed by atoms with Gasteiger partial charge in [0, 0.05) is 18.1 Å². The number of carbonyl (C=O) groups excluding carboxylic acids is 2. The van der Waals surface area contributed by atoms with Gasteiger partial charge in [-0.15, -0.1) is 0 Å². The Bertz CT molecular complexity index is 422. The van der Waals surface area contributed by atoms with Crippen LogP contribution in [-0.4, -0.2) is 48.1 Å². The van der Waals surface area contributed by atoms with E-state index in [2.05, 4.69) is 19.2 Å². The molecule has 1 N–H and O–H groups in total. The number of piperazine rings is 1. The van der Waals surface area contributed by atoms with Crippen LogP contribution in [0.4, 0.5) is 0 Å². The van der Waals surface area contributed by atoms with Crippen LogP contribution in [0.1, 0.15) is 47.5 Å². The predicted octanol–water partition coefficient (Wildman–Crippen LogP) is 1.56. The highest BCUT2D eigenvalue weighted by molar-refractivity contribution is 5.95. The van der Waals surface area contributed by atoms with Gasteiger partial charge in [0.2, 0.25) is 11.8 Å². The summed E-state index contributed by atoms with van der Waals surface area (Å²) in [5, 5.41) is 2.85. The Morgan fingerprint density at radius 3 is 2.57 bits per heavy atom. The Morgan fingerprint density at radius 1 is 1.38 bits per heavy atom. The molecule has 0 radical (unpaired) electrons. The molecule has 1 aliphatic heterocycles. The molecule has 4 unspecified atom stereocenters. The molecule has 0 bridgehead atoms. The van der Waals surface area contributed by atoms with E-state index in [4.69, 9.17) is 4.74 Å². The molecule has 0 aromatic carbocycles. The number of rotatable bonds is 5. The average Bonchev–Trinajstić information content (AvgIpc) is 2.44. The molecule has 2 fully saturated rings. The van der Waals surface area contributed by atoms with Crippen molar-refractivity contribution in [3.8, 4) is 0 Å². The number of nitrogens with zero attached hydrogens (tertiary/aromatic N) is 1. The van der Waals surface area contributed by atoms with Gasteiger partial charge in [0.05, 0.1) is 12.6 Å². The molecule has 0 aromatic heterocycles. The molecule has 2 rings (SSSR count). The topological polar surface area (TPSA) is 58.6 Å². The Kier molecular flexibility index (Phi) is 4.61. The van der Waals surface area contributed by atoms with E-state index in [-0.39, 0.29) is 47.9 Å². The van der Waals surface area contributed by atoms with E-state index in [9.17, 15) is 9.59 Å². The van der Waals surface area contributed by atoms with Gasteiger partial charge < -0.3 is 15.0 Å². The number of carbonyl (C=O) groups is 2. The SMILES string of the molecule is CCOC1CC(N2CC(=O)NC(C(C)CC)C2=O)C1(C)C. The Morgan fingerprint density at radius 2 is 2.05 bits per heavy atom. The zero-order chi connectivity index (χ0) is 15.8. The monoisotopic (exact) mass is 296 g/mol. The second-order valence-corrected chi connectivity index (χ2v) is 6.91. The van der Waals surface area contributed by atoms with Gasteiger partial charge in [-0.2, -0.15) is 0 Å². The highest BCUT2D eigenvalue weighted by atomic mass is 16.5. The molecule has 5 nitrogen and oxygen atoms in total. The lowest BCUT2D eigenvalue weighted by Gasteiger charge is -2.56. The number of nitrogens with one attached hydrogen (secondary N) is 1. The molecule has 2 aliphatic rings. The van der Waals surface area contributed by atoms with E-state index in [0.717, 1.165) is 12.8 Å². The lowest BCUT2D eigenvalue weighted by Crippen LogP contribution is -2.70. The molecule has 1 heterocycles. The van der Waals surface area contributed by atoms with Crippen LogP contribution in [0.15, 0.2) is 0 Å². The fourth-order valence-electron chi connectivity index (χ4n) is 3.45. The molecule has 0 spiro atoms. The summed E-state index contributed by atoms with van der Waals surface area (Å²) in [5.74, 6) is 0.183. The molecule has 2 amide bonds. The van der Waals surface area contributed by atoms with Crippen molar-refractivity contribution < 1.29 is 14.3 Å². The summed E-state index contributed by atoms with van der Waals surface area (Å²) in [6.07, 6.45) is 1.88. The molecule has 4 atom stereocenters. The standard InChI is InChI=1S/C16H28N2O3/c1-6-10(3)14-15(20)18(9-13(19)17-14)11-8-12(21-7-2)16(11,4)5/h10-12,14H,6-9H2,1-5H3,(H,17,19). The maximum atomic E-state index is 12.7. The average molecular weight is 296 g/mol. The van der Waals surface area contributed by atoms with Crippen molar-refractivity contribution in [2.75, 3.05) is 13.2 Å². The van der Waals surface area contributed by atoms with Crippen LogP contribution >= 0.6 is 0 Å². The van der Waals surface area contributed by atoms with E-state index >= 15 is 0 Å². The summed E-state index contributed by atoms with van der Waals surface area (Å²) < 4.78 is 5.73. The third-order valence-corrected chi connectivity index (χ3v) is 5.26. The van der Waals surface area contributed by atoms with Gasteiger partial charge in [-0.05, 0) is 19.3 Å². The Labute approximate surface area is 127 Å². The van der Waals surface area contributed by atoms with Gasteiger partial charge in [0.25, 0.3) is 0 Å². The van der Waals surface area contributed by atoms with Crippen molar-refractivity contribution in [1.82, 2.24) is 10.2 Å². The number of hydrogen-bond donors (Lipinski definition) is 1. The number of hydrogen-bond acceptors (Lipinski definition) is 3. The summed E-state index contributed by atoms with van der Waals surface area (Å²) in [4.78, 5) is 26.5. The molecule has 1 aliphatic carbocycles. The van der Waals surface area contributed by atoms with Crippen molar-refractivity contribution in [2.45, 2.75) is 65.6 Å². The summed E-state index contributed by atoms with van der Waals surface area (Å²) in [6, 6.07) is -0.280. The first-order valence-corrected chi connectivity index (χ1v) is 8.04. The first kappa shape index (κ1) is 16.3. The maximum Gasteiger partial charge on any atom is 0.246 e. The molecule has 120 valence electrons. The summed E-state index contributed by atoms with van der Waals surface area (Å²) in [5.41, 5.74) is -0.0940. The van der Waals surface area contributed by atoms with Crippen LogP contribution in [0.5, 0.6) is 0 Å². The van der Waals surface area contributed by atoms with E-state index in [1.807, 2.05) is 20.8 Å². The Hall–Kier alpha value is -1.10. The van der Waals surface area contributed by atoms with Crippen molar-refractivity contribution in [3.63, 3.8) is 0 Å². The largest absolute Gasteiger partial charge is 0.378 e. The number of amides is 2. The molecule has 21 heavy (non-hydrogen) atoms. The molecular weight excluding hydrogens is 268 g/mol. The van der Waals surface area contributed by atoms with Crippen molar-refractivity contribution >= 4 is 11.8 Å². The zero-order valence-corrected chi connectivity index (χ0v) is 13.8. The van der Waals surface area contributed by atoms with Gasteiger partial charge in [-0.1, -0.05) is 34.1 Å². The minimum atomic E-state index is -0.377. The predicted molar refractivity (Wildman–Crippen MR) is 80.7 cm³/mol. The van der Waals surface area contributed by atoms with Crippen LogP contribution in [0.2, 0.25) is 0 Å². The van der Waals surface area contributed by atoms with Gasteiger partial charge >= 0.3 is 0 Å². The summed E-state index contributed by atoms with van der Waals surface area (Å²) in [7, 11) is 0. The zero-order valence-electron chi connectivity index (χ0n) is 13.8. The van der Waals surface area contributed by atoms with Crippen molar-refractivity contribution in [3.05, 3.63) is 0 Å². The fraction of sp³-hybridized carbons (Fsp3) is 0.875. The van der Waals surface area contributed by atoms with Crippen LogP contribution in [-0.2, 0) is 14.3 Å². The van der Waals surface area contributed by atoms with Gasteiger partial charge in [-0.25, -0.2) is 0 Å². The van der Waals surface area contributed by atoms with Crippen LogP contribution < -0.4 is 5.32 Å². The molecule has 1 saturated heterocycles. The minimum Gasteiger partial charge on any atom is -0.378 e. The van der Waals surface area contributed by atoms with Gasteiger partial charge in [-0.3, -0.25) is 9.59 Å². The third kappa shape index (κ3) is 2.80. The van der Waals surface area contributed by atoms with E-state index in [0.29, 0.717) is 6.61 Å². The second kappa shape index (κ2) is 5.95. The molecule has 1 saturated carbocycles. The maximum absolute atomic E-state index is 12.7. The Balaban J connectivity index is 2.12. The minimum absolute atomic E-state index is 0.0458. The van der Waals surface area contributed by atoms with E-state index in [1.165, 1.54) is 0 Å². The van der Waals surface area contributed by atoms with Crippen LogP contribution in [0.3, 0.4) is 0 Å². The second-order valence-electron chi connectivity index (χ2n) is 6.91. The lowest BCUT2D eigenvalue weighted by atomic mass is 9.63. The molecular formula is C16H28N2O3. The highest BCUT2D eigenvalue weighted by Gasteiger charge is 2.54. The fourth-order valence-corrected chi connectivity index (χ4v) is 3.45. The smallest absolute Gasteiger partial charge is 0.246 e. The summed E-state index contributed by atoms with van der Waals surface area (Å²) >= 11 is 0. The van der Waals surface area contributed by atoms with Crippen molar-refractivity contribution in [2.24, 2.45) is 11.3 Å². The highest BCUT2D eigenvalue weighted by Crippen LogP contribution is 2.46. The van der Waals surface area contributed by atoms with Crippen LogP contribution in [0.25, 0.3) is 0 Å². The lowest BCUT2D eigenvalue weighted by molar-refractivity contribution is -0.176. The first-order chi connectivity index (χ1) is 9.82. The van der Waals surface area contributed by atoms with E-state index in [1.54, 1.807) is 4.90 Å². The molecule has 0 aromatic rings. The summed E-state index contributed by atoms with van der Waals surface area (Å²) in [6.45, 7) is 11.2. The third-order valence-electron chi connectivity index (χ3n) is 5.26. The quantitative estimate of drug-likeness (QED) is 0.837. The number of ether oxygens (including phenoxy) is 1. The normalized spacial score (nSPS) is 33.4. The molecule has 5 heteroatoms. The van der Waals surface area contributed by atoms with Crippen molar-refractivity contribution in [1.29, 1.82) is 0 Å². The van der Waals surface area contributed by atoms with Gasteiger partial charge in [0.1, 0.15) is 6.04 Å². The van der Waals surface area contributed by atoms with Crippen LogP contribution in [0, 0.1) is 11.3 Å². The van der Waals surface area contributed by atoms with Gasteiger partial charge in [0.15, 0.2) is 0 Å².